The summed E-state index contributed by atoms with van der Waals surface area (Å²) in [6.07, 6.45) is -0.683. The number of aliphatic hydroxyl groups is 1. The molecule has 3 rings (SSSR count). The number of halogens is 2. The molecule has 1 aliphatic heterocycles. The maximum Gasteiger partial charge on any atom is 0.191 e. The predicted octanol–water partition coefficient (Wildman–Crippen LogP) is 3.11. The lowest BCUT2D eigenvalue weighted by Crippen LogP contribution is -2.42. The van der Waals surface area contributed by atoms with Gasteiger partial charge in [-0.3, -0.25) is 9.89 Å². The van der Waals surface area contributed by atoms with Crippen molar-refractivity contribution in [3.63, 3.8) is 0 Å². The molecule has 0 aliphatic carbocycles. The van der Waals surface area contributed by atoms with Gasteiger partial charge in [0.1, 0.15) is 11.6 Å². The lowest BCUT2D eigenvalue weighted by molar-refractivity contribution is 0.0179. The van der Waals surface area contributed by atoms with Crippen molar-refractivity contribution in [3.8, 4) is 5.75 Å². The summed E-state index contributed by atoms with van der Waals surface area (Å²) in [6.45, 7) is 6.47. The van der Waals surface area contributed by atoms with Crippen LogP contribution in [0.15, 0.2) is 53.5 Å². The number of guanidine groups is 1. The maximum absolute atomic E-state index is 13.5. The Morgan fingerprint density at radius 3 is 2.33 bits per heavy atom. The fraction of sp³-hybridized carbons (Fsp3) is 0.458. The van der Waals surface area contributed by atoms with Gasteiger partial charge in [0.15, 0.2) is 5.96 Å². The van der Waals surface area contributed by atoms with E-state index in [9.17, 15) is 9.50 Å². The third kappa shape index (κ3) is 8.40. The fourth-order valence-corrected chi connectivity index (χ4v) is 3.66. The number of hydrogen-bond acceptors (Lipinski definition) is 5. The van der Waals surface area contributed by atoms with E-state index in [-0.39, 0.29) is 35.8 Å². The monoisotopic (exact) mass is 572 g/mol. The largest absolute Gasteiger partial charge is 0.497 e. The van der Waals surface area contributed by atoms with E-state index in [2.05, 4.69) is 15.5 Å². The van der Waals surface area contributed by atoms with Gasteiger partial charge in [-0.1, -0.05) is 24.3 Å². The first kappa shape index (κ1) is 27.3. The van der Waals surface area contributed by atoms with Crippen LogP contribution in [0.3, 0.4) is 0 Å². The molecule has 0 amide bonds. The highest BCUT2D eigenvalue weighted by molar-refractivity contribution is 14.0. The molecule has 1 aliphatic rings. The topological polar surface area (TPSA) is 78.4 Å². The second kappa shape index (κ2) is 14.3. The van der Waals surface area contributed by atoms with Gasteiger partial charge in [0, 0.05) is 26.2 Å². The van der Waals surface area contributed by atoms with Crippen molar-refractivity contribution >= 4 is 29.9 Å². The summed E-state index contributed by atoms with van der Waals surface area (Å²) < 4.78 is 24.1. The van der Waals surface area contributed by atoms with E-state index in [4.69, 9.17) is 14.5 Å². The summed E-state index contributed by atoms with van der Waals surface area (Å²) in [5.74, 6) is 1.12. The molecule has 0 radical (unpaired) electrons. The summed E-state index contributed by atoms with van der Waals surface area (Å²) in [5.41, 5.74) is 1.82. The summed E-state index contributed by atoms with van der Waals surface area (Å²) >= 11 is 0. The smallest absolute Gasteiger partial charge is 0.191 e. The van der Waals surface area contributed by atoms with Gasteiger partial charge in [0.2, 0.25) is 0 Å². The average molecular weight is 572 g/mol. The number of rotatable bonds is 9. The standard InChI is InChI=1S/C24H33FN4O3.HI/c1-3-26-24(28-17-23(30)19-6-10-21(31-2)11-7-19)27-16-22(29-12-14-32-15-13-29)18-4-8-20(25)9-5-18;/h4-11,22-23,30H,3,12-17H2,1-2H3,(H2,26,27,28);1H. The van der Waals surface area contributed by atoms with Gasteiger partial charge in [-0.2, -0.15) is 0 Å². The Balaban J connectivity index is 0.00000385. The summed E-state index contributed by atoms with van der Waals surface area (Å²) in [4.78, 5) is 7.08. The van der Waals surface area contributed by atoms with E-state index in [0.717, 1.165) is 30.0 Å². The number of methoxy groups -OCH3 is 1. The lowest BCUT2D eigenvalue weighted by atomic mass is 10.0. The second-order valence-electron chi connectivity index (χ2n) is 7.61. The molecule has 3 N–H and O–H groups in total. The molecule has 9 heteroatoms. The Bertz CT molecular complexity index is 846. The number of nitrogens with one attached hydrogen (secondary N) is 2. The van der Waals surface area contributed by atoms with Crippen LogP contribution < -0.4 is 15.4 Å². The highest BCUT2D eigenvalue weighted by Crippen LogP contribution is 2.23. The molecule has 1 fully saturated rings. The number of ether oxygens (including phenoxy) is 2. The van der Waals surface area contributed by atoms with Crippen LogP contribution in [-0.4, -0.2) is 69.0 Å². The molecular weight excluding hydrogens is 538 g/mol. The van der Waals surface area contributed by atoms with E-state index < -0.39 is 6.10 Å². The van der Waals surface area contributed by atoms with Crippen molar-refractivity contribution in [1.82, 2.24) is 15.5 Å². The van der Waals surface area contributed by atoms with Crippen LogP contribution in [0.25, 0.3) is 0 Å². The van der Waals surface area contributed by atoms with Gasteiger partial charge in [-0.25, -0.2) is 4.39 Å². The SMILES string of the molecule is CCNC(=NCC(c1ccc(F)cc1)N1CCOCC1)NCC(O)c1ccc(OC)cc1.I. The molecule has 0 saturated carbocycles. The third-order valence-corrected chi connectivity index (χ3v) is 5.47. The van der Waals surface area contributed by atoms with Crippen molar-refractivity contribution in [2.45, 2.75) is 19.1 Å². The minimum Gasteiger partial charge on any atom is -0.497 e. The lowest BCUT2D eigenvalue weighted by Gasteiger charge is -2.34. The molecule has 1 heterocycles. The van der Waals surface area contributed by atoms with Gasteiger partial charge >= 0.3 is 0 Å². The zero-order chi connectivity index (χ0) is 22.8. The number of nitrogens with zero attached hydrogens (tertiary/aromatic N) is 2. The van der Waals surface area contributed by atoms with E-state index in [1.54, 1.807) is 7.11 Å². The number of benzene rings is 2. The van der Waals surface area contributed by atoms with Crippen LogP contribution in [0.1, 0.15) is 30.2 Å². The molecular formula is C24H34FIN4O3. The van der Waals surface area contributed by atoms with Crippen LogP contribution in [0.5, 0.6) is 5.75 Å². The van der Waals surface area contributed by atoms with E-state index >= 15 is 0 Å². The molecule has 2 atom stereocenters. The summed E-state index contributed by atoms with van der Waals surface area (Å²) in [6, 6.07) is 14.0. The first-order valence-corrected chi connectivity index (χ1v) is 11.0. The maximum atomic E-state index is 13.5. The molecule has 0 aromatic heterocycles. The number of aliphatic hydroxyl groups excluding tert-OH is 1. The normalized spacial score (nSPS) is 16.4. The molecule has 0 spiro atoms. The van der Waals surface area contributed by atoms with Gasteiger partial charge in [0.05, 0.1) is 39.0 Å². The Hall–Kier alpha value is -1.95. The fourth-order valence-electron chi connectivity index (χ4n) is 3.66. The van der Waals surface area contributed by atoms with E-state index in [0.29, 0.717) is 38.8 Å². The van der Waals surface area contributed by atoms with Crippen molar-refractivity contribution in [3.05, 3.63) is 65.5 Å². The third-order valence-electron chi connectivity index (χ3n) is 5.47. The molecule has 2 aromatic rings. The number of aliphatic imine (C=N–C) groups is 1. The summed E-state index contributed by atoms with van der Waals surface area (Å²) in [5, 5.41) is 17.0. The molecule has 182 valence electrons. The van der Waals surface area contributed by atoms with E-state index in [1.807, 2.05) is 43.3 Å². The first-order valence-electron chi connectivity index (χ1n) is 11.0. The second-order valence-corrected chi connectivity index (χ2v) is 7.61. The van der Waals surface area contributed by atoms with Gasteiger partial charge in [-0.05, 0) is 42.3 Å². The van der Waals surface area contributed by atoms with Gasteiger partial charge < -0.3 is 25.2 Å². The zero-order valence-corrected chi connectivity index (χ0v) is 21.5. The quantitative estimate of drug-likeness (QED) is 0.244. The Morgan fingerprint density at radius 2 is 1.73 bits per heavy atom. The molecule has 1 saturated heterocycles. The molecule has 0 bridgehead atoms. The molecule has 2 aromatic carbocycles. The predicted molar refractivity (Wildman–Crippen MR) is 139 cm³/mol. The van der Waals surface area contributed by atoms with Crippen LogP contribution >= 0.6 is 24.0 Å². The number of morpholine rings is 1. The van der Waals surface area contributed by atoms with Crippen LogP contribution in [0.4, 0.5) is 4.39 Å². The van der Waals surface area contributed by atoms with Gasteiger partial charge in [-0.15, -0.1) is 24.0 Å². The Kier molecular flexibility index (Phi) is 11.9. The Morgan fingerprint density at radius 1 is 1.09 bits per heavy atom. The highest BCUT2D eigenvalue weighted by Gasteiger charge is 2.23. The first-order chi connectivity index (χ1) is 15.6. The van der Waals surface area contributed by atoms with Crippen LogP contribution in [0, 0.1) is 5.82 Å². The molecule has 33 heavy (non-hydrogen) atoms. The van der Waals surface area contributed by atoms with Crippen LogP contribution in [0.2, 0.25) is 0 Å². The van der Waals surface area contributed by atoms with Gasteiger partial charge in [0.25, 0.3) is 0 Å². The van der Waals surface area contributed by atoms with Crippen molar-refractivity contribution in [2.24, 2.45) is 4.99 Å². The minimum atomic E-state index is -0.683. The highest BCUT2D eigenvalue weighted by atomic mass is 127. The zero-order valence-electron chi connectivity index (χ0n) is 19.2. The average Bonchev–Trinajstić information content (AvgIpc) is 2.84. The summed E-state index contributed by atoms with van der Waals surface area (Å²) in [7, 11) is 1.61. The molecule has 2 unspecified atom stereocenters. The van der Waals surface area contributed by atoms with E-state index in [1.165, 1.54) is 12.1 Å². The molecule has 7 nitrogen and oxygen atoms in total. The number of hydrogen-bond donors (Lipinski definition) is 3. The van der Waals surface area contributed by atoms with Crippen LogP contribution in [-0.2, 0) is 4.74 Å². The minimum absolute atomic E-state index is 0. The Labute approximate surface area is 212 Å². The van der Waals surface area contributed by atoms with Crippen molar-refractivity contribution < 1.29 is 19.0 Å². The van der Waals surface area contributed by atoms with Crippen molar-refractivity contribution in [1.29, 1.82) is 0 Å². The van der Waals surface area contributed by atoms with Crippen molar-refractivity contribution in [2.75, 3.05) is 53.0 Å².